The normalized spacial score (nSPS) is 10.3. The number of aromatic nitrogens is 1. The third-order valence-electron chi connectivity index (χ3n) is 1.87. The highest BCUT2D eigenvalue weighted by atomic mass is 32.1. The van der Waals surface area contributed by atoms with Crippen molar-refractivity contribution < 1.29 is 0 Å². The number of hydrazone groups is 1. The summed E-state index contributed by atoms with van der Waals surface area (Å²) in [6.45, 7) is 3.01. The molecule has 1 heterocycles. The number of nitrogens with one attached hydrogen (secondary N) is 2. The largest absolute Gasteiger partial charge is 0.361 e. The van der Waals surface area contributed by atoms with Gasteiger partial charge in [0.25, 0.3) is 0 Å². The van der Waals surface area contributed by atoms with Crippen LogP contribution in [0, 0.1) is 0 Å². The summed E-state index contributed by atoms with van der Waals surface area (Å²) in [7, 11) is 0. The van der Waals surface area contributed by atoms with E-state index in [0.717, 1.165) is 25.1 Å². The van der Waals surface area contributed by atoms with E-state index in [1.807, 2.05) is 18.2 Å². The average Bonchev–Trinajstić information content (AvgIpc) is 2.31. The van der Waals surface area contributed by atoms with Crippen molar-refractivity contribution >= 4 is 23.5 Å². The first-order chi connectivity index (χ1) is 7.83. The number of pyridine rings is 1. The summed E-state index contributed by atoms with van der Waals surface area (Å²) in [5.74, 6) is 0. The van der Waals surface area contributed by atoms with E-state index in [4.69, 9.17) is 12.2 Å². The van der Waals surface area contributed by atoms with Gasteiger partial charge in [-0.15, -0.1) is 0 Å². The van der Waals surface area contributed by atoms with Gasteiger partial charge in [0.2, 0.25) is 0 Å². The zero-order valence-electron chi connectivity index (χ0n) is 9.31. The Kier molecular flexibility index (Phi) is 6.10. The minimum Gasteiger partial charge on any atom is -0.361 e. The molecule has 0 saturated carbocycles. The maximum absolute atomic E-state index is 5.03. The first-order valence-corrected chi connectivity index (χ1v) is 5.71. The van der Waals surface area contributed by atoms with Gasteiger partial charge in [0.15, 0.2) is 5.11 Å². The Morgan fingerprint density at radius 2 is 2.44 bits per heavy atom. The van der Waals surface area contributed by atoms with E-state index < -0.39 is 0 Å². The molecule has 2 N–H and O–H groups in total. The molecule has 0 fully saturated rings. The monoisotopic (exact) mass is 236 g/mol. The third kappa shape index (κ3) is 5.41. The van der Waals surface area contributed by atoms with Crippen molar-refractivity contribution in [3.8, 4) is 0 Å². The molecular formula is C11H16N4S. The van der Waals surface area contributed by atoms with Crippen molar-refractivity contribution in [2.45, 2.75) is 19.8 Å². The molecule has 4 nitrogen and oxygen atoms in total. The second-order valence-electron chi connectivity index (χ2n) is 3.23. The van der Waals surface area contributed by atoms with Crippen LogP contribution < -0.4 is 10.7 Å². The molecule has 16 heavy (non-hydrogen) atoms. The lowest BCUT2D eigenvalue weighted by Gasteiger charge is -2.04. The van der Waals surface area contributed by atoms with Crippen molar-refractivity contribution in [3.05, 3.63) is 30.1 Å². The fourth-order valence-electron chi connectivity index (χ4n) is 1.03. The summed E-state index contributed by atoms with van der Waals surface area (Å²) in [6.07, 6.45) is 5.60. The Balaban J connectivity index is 2.24. The molecule has 0 bridgehead atoms. The van der Waals surface area contributed by atoms with Crippen molar-refractivity contribution in [1.82, 2.24) is 15.7 Å². The molecule has 0 aliphatic carbocycles. The van der Waals surface area contributed by atoms with Gasteiger partial charge in [-0.1, -0.05) is 19.4 Å². The number of hydrogen-bond donors (Lipinski definition) is 2. The Morgan fingerprint density at radius 3 is 3.12 bits per heavy atom. The van der Waals surface area contributed by atoms with Gasteiger partial charge in [-0.2, -0.15) is 5.10 Å². The van der Waals surface area contributed by atoms with Gasteiger partial charge < -0.3 is 5.32 Å². The summed E-state index contributed by atoms with van der Waals surface area (Å²) in [6, 6.07) is 5.65. The molecule has 1 aromatic rings. The van der Waals surface area contributed by atoms with Gasteiger partial charge in [-0.3, -0.25) is 10.4 Å². The Labute approximate surface area is 101 Å². The lowest BCUT2D eigenvalue weighted by molar-refractivity contribution is 0.745. The molecule has 0 spiro atoms. The van der Waals surface area contributed by atoms with Crippen LogP contribution in [-0.2, 0) is 0 Å². The molecule has 5 heteroatoms. The van der Waals surface area contributed by atoms with Crippen LogP contribution in [0.1, 0.15) is 25.5 Å². The maximum Gasteiger partial charge on any atom is 0.186 e. The quantitative estimate of drug-likeness (QED) is 0.353. The number of thiocarbonyl (C=S) groups is 1. The molecule has 0 aliphatic heterocycles. The SMILES string of the molecule is CCCCNC(=S)N/N=C\c1ccccn1. The van der Waals surface area contributed by atoms with Crippen LogP contribution in [0.25, 0.3) is 0 Å². The number of unbranched alkanes of at least 4 members (excludes halogenated alkanes) is 1. The summed E-state index contributed by atoms with van der Waals surface area (Å²) >= 11 is 5.03. The van der Waals surface area contributed by atoms with Gasteiger partial charge in [-0.25, -0.2) is 0 Å². The molecule has 1 aromatic heterocycles. The zero-order chi connectivity index (χ0) is 11.6. The van der Waals surface area contributed by atoms with Crippen LogP contribution in [0.5, 0.6) is 0 Å². The van der Waals surface area contributed by atoms with Crippen LogP contribution in [0.3, 0.4) is 0 Å². The van der Waals surface area contributed by atoms with Gasteiger partial charge in [0.05, 0.1) is 11.9 Å². The van der Waals surface area contributed by atoms with Gasteiger partial charge in [-0.05, 0) is 30.8 Å². The van der Waals surface area contributed by atoms with Crippen LogP contribution in [0.15, 0.2) is 29.5 Å². The van der Waals surface area contributed by atoms with E-state index in [1.165, 1.54) is 0 Å². The van der Waals surface area contributed by atoms with E-state index in [0.29, 0.717) is 5.11 Å². The van der Waals surface area contributed by atoms with E-state index in [-0.39, 0.29) is 0 Å². The number of hydrogen-bond acceptors (Lipinski definition) is 3. The molecule has 0 saturated heterocycles. The lowest BCUT2D eigenvalue weighted by atomic mass is 10.3. The van der Waals surface area contributed by atoms with Gasteiger partial charge in [0, 0.05) is 12.7 Å². The molecule has 0 atom stereocenters. The Bertz CT molecular complexity index is 337. The van der Waals surface area contributed by atoms with Crippen molar-refractivity contribution in [2.75, 3.05) is 6.54 Å². The summed E-state index contributed by atoms with van der Waals surface area (Å²) in [5, 5.41) is 7.58. The van der Waals surface area contributed by atoms with Crippen molar-refractivity contribution in [3.63, 3.8) is 0 Å². The second kappa shape index (κ2) is 7.76. The molecular weight excluding hydrogens is 220 g/mol. The topological polar surface area (TPSA) is 49.3 Å². The summed E-state index contributed by atoms with van der Waals surface area (Å²) in [5.41, 5.74) is 3.54. The predicted octanol–water partition coefficient (Wildman–Crippen LogP) is 1.68. The fourth-order valence-corrected chi connectivity index (χ4v) is 1.18. The van der Waals surface area contributed by atoms with Crippen molar-refractivity contribution in [1.29, 1.82) is 0 Å². The molecule has 86 valence electrons. The Morgan fingerprint density at radius 1 is 1.56 bits per heavy atom. The average molecular weight is 236 g/mol. The van der Waals surface area contributed by atoms with E-state index >= 15 is 0 Å². The molecule has 0 aliphatic rings. The summed E-state index contributed by atoms with van der Waals surface area (Å²) in [4.78, 5) is 4.10. The smallest absolute Gasteiger partial charge is 0.186 e. The van der Waals surface area contributed by atoms with Crippen LogP contribution in [0.2, 0.25) is 0 Å². The van der Waals surface area contributed by atoms with Crippen LogP contribution in [-0.4, -0.2) is 22.9 Å². The minimum atomic E-state index is 0.542. The van der Waals surface area contributed by atoms with E-state index in [1.54, 1.807) is 12.4 Å². The standard InChI is InChI=1S/C11H16N4S/c1-2-3-7-13-11(16)15-14-9-10-6-4-5-8-12-10/h4-6,8-9H,2-3,7H2,1H3,(H2,13,15,16)/b14-9-. The number of rotatable bonds is 5. The first-order valence-electron chi connectivity index (χ1n) is 5.31. The third-order valence-corrected chi connectivity index (χ3v) is 2.10. The fraction of sp³-hybridized carbons (Fsp3) is 0.364. The maximum atomic E-state index is 5.03. The first kappa shape index (κ1) is 12.6. The van der Waals surface area contributed by atoms with Crippen LogP contribution >= 0.6 is 12.2 Å². The second-order valence-corrected chi connectivity index (χ2v) is 3.64. The highest BCUT2D eigenvalue weighted by Gasteiger charge is 1.91. The molecule has 1 rings (SSSR count). The molecule has 0 radical (unpaired) electrons. The molecule has 0 amide bonds. The highest BCUT2D eigenvalue weighted by molar-refractivity contribution is 7.80. The van der Waals surface area contributed by atoms with E-state index in [2.05, 4.69) is 27.8 Å². The highest BCUT2D eigenvalue weighted by Crippen LogP contribution is 1.87. The lowest BCUT2D eigenvalue weighted by Crippen LogP contribution is -2.32. The van der Waals surface area contributed by atoms with Gasteiger partial charge in [0.1, 0.15) is 0 Å². The van der Waals surface area contributed by atoms with Crippen molar-refractivity contribution in [2.24, 2.45) is 5.10 Å². The Hall–Kier alpha value is -1.49. The predicted molar refractivity (Wildman–Crippen MR) is 70.5 cm³/mol. The summed E-state index contributed by atoms with van der Waals surface area (Å²) < 4.78 is 0. The molecule has 0 unspecified atom stereocenters. The molecule has 0 aromatic carbocycles. The van der Waals surface area contributed by atoms with E-state index in [9.17, 15) is 0 Å². The van der Waals surface area contributed by atoms with Crippen LogP contribution in [0.4, 0.5) is 0 Å². The number of nitrogens with zero attached hydrogens (tertiary/aromatic N) is 2. The van der Waals surface area contributed by atoms with Gasteiger partial charge >= 0.3 is 0 Å². The zero-order valence-corrected chi connectivity index (χ0v) is 10.1. The minimum absolute atomic E-state index is 0.542.